The van der Waals surface area contributed by atoms with Crippen molar-refractivity contribution in [2.75, 3.05) is 39.8 Å². The van der Waals surface area contributed by atoms with E-state index in [0.717, 1.165) is 13.1 Å². The Morgan fingerprint density at radius 2 is 1.94 bits per heavy atom. The van der Waals surface area contributed by atoms with Gasteiger partial charge < -0.3 is 9.64 Å². The van der Waals surface area contributed by atoms with E-state index in [1.807, 2.05) is 18.7 Å². The third kappa shape index (κ3) is 4.33. The molecule has 17 heavy (non-hydrogen) atoms. The van der Waals surface area contributed by atoms with Gasteiger partial charge in [0.25, 0.3) is 0 Å². The molecule has 0 bridgehead atoms. The zero-order valence-corrected chi connectivity index (χ0v) is 10.9. The number of hydrogen-bond donors (Lipinski definition) is 0. The van der Waals surface area contributed by atoms with E-state index in [0.29, 0.717) is 26.1 Å². The summed E-state index contributed by atoms with van der Waals surface area (Å²) in [6, 6.07) is 2.13. The predicted molar refractivity (Wildman–Crippen MR) is 64.3 cm³/mol. The van der Waals surface area contributed by atoms with E-state index in [1.165, 1.54) is 0 Å². The van der Waals surface area contributed by atoms with Crippen molar-refractivity contribution in [1.29, 1.82) is 5.26 Å². The summed E-state index contributed by atoms with van der Waals surface area (Å²) in [7, 11) is 1.62. The van der Waals surface area contributed by atoms with Crippen LogP contribution in [-0.4, -0.2) is 61.1 Å². The fourth-order valence-electron chi connectivity index (χ4n) is 1.80. The molecule has 1 aliphatic rings. The summed E-state index contributed by atoms with van der Waals surface area (Å²) in [4.78, 5) is 15.9. The van der Waals surface area contributed by atoms with Gasteiger partial charge in [-0.25, -0.2) is 0 Å². The zero-order valence-electron chi connectivity index (χ0n) is 10.9. The minimum atomic E-state index is -0.402. The standard InChI is InChI=1S/C12H21N3O2/c1-12(2,17-3)10-11(16)15-8-6-14(5-4-13)7-9-15/h5-10H2,1-3H3. The monoisotopic (exact) mass is 239 g/mol. The lowest BCUT2D eigenvalue weighted by molar-refractivity contribution is -0.138. The van der Waals surface area contributed by atoms with E-state index < -0.39 is 5.60 Å². The molecule has 0 atom stereocenters. The average molecular weight is 239 g/mol. The van der Waals surface area contributed by atoms with Crippen LogP contribution in [0.3, 0.4) is 0 Å². The van der Waals surface area contributed by atoms with Gasteiger partial charge in [0.05, 0.1) is 24.6 Å². The molecule has 1 aliphatic heterocycles. The number of carbonyl (C=O) groups excluding carboxylic acids is 1. The van der Waals surface area contributed by atoms with Crippen LogP contribution in [0.5, 0.6) is 0 Å². The number of piperazine rings is 1. The Kier molecular flexibility index (Phi) is 4.91. The lowest BCUT2D eigenvalue weighted by Crippen LogP contribution is -2.50. The van der Waals surface area contributed by atoms with E-state index in [4.69, 9.17) is 10.00 Å². The molecule has 0 saturated carbocycles. The van der Waals surface area contributed by atoms with Crippen molar-refractivity contribution in [3.05, 3.63) is 0 Å². The normalized spacial score (nSPS) is 17.9. The molecule has 0 N–H and O–H groups in total. The molecule has 1 fully saturated rings. The molecule has 96 valence electrons. The predicted octanol–water partition coefficient (Wildman–Crippen LogP) is 0.469. The van der Waals surface area contributed by atoms with Crippen LogP contribution in [0, 0.1) is 11.3 Å². The minimum Gasteiger partial charge on any atom is -0.378 e. The molecule has 1 heterocycles. The second-order valence-corrected chi connectivity index (χ2v) is 4.96. The van der Waals surface area contributed by atoms with Crippen LogP contribution in [0.2, 0.25) is 0 Å². The van der Waals surface area contributed by atoms with Crippen LogP contribution in [0.25, 0.3) is 0 Å². The molecule has 0 unspecified atom stereocenters. The van der Waals surface area contributed by atoms with Crippen LogP contribution in [0.1, 0.15) is 20.3 Å². The topological polar surface area (TPSA) is 56.6 Å². The third-order valence-electron chi connectivity index (χ3n) is 3.15. The van der Waals surface area contributed by atoms with Crippen molar-refractivity contribution in [2.45, 2.75) is 25.9 Å². The van der Waals surface area contributed by atoms with Gasteiger partial charge in [-0.1, -0.05) is 0 Å². The van der Waals surface area contributed by atoms with Gasteiger partial charge >= 0.3 is 0 Å². The highest BCUT2D eigenvalue weighted by Gasteiger charge is 2.27. The summed E-state index contributed by atoms with van der Waals surface area (Å²) in [6.07, 6.45) is 0.405. The highest BCUT2D eigenvalue weighted by molar-refractivity contribution is 5.77. The van der Waals surface area contributed by atoms with Gasteiger partial charge in [-0.15, -0.1) is 0 Å². The van der Waals surface area contributed by atoms with Gasteiger partial charge in [-0.3, -0.25) is 9.69 Å². The molecule has 0 aromatic rings. The lowest BCUT2D eigenvalue weighted by atomic mass is 10.0. The molecule has 1 saturated heterocycles. The second kappa shape index (κ2) is 5.99. The number of rotatable bonds is 4. The highest BCUT2D eigenvalue weighted by Crippen LogP contribution is 2.15. The maximum absolute atomic E-state index is 12.0. The number of hydrogen-bond acceptors (Lipinski definition) is 4. The van der Waals surface area contributed by atoms with Crippen molar-refractivity contribution in [2.24, 2.45) is 0 Å². The van der Waals surface area contributed by atoms with E-state index in [2.05, 4.69) is 11.0 Å². The van der Waals surface area contributed by atoms with Crippen molar-refractivity contribution < 1.29 is 9.53 Å². The number of amides is 1. The molecule has 5 heteroatoms. The fourth-order valence-corrected chi connectivity index (χ4v) is 1.80. The molecular formula is C12H21N3O2. The van der Waals surface area contributed by atoms with Gasteiger partial charge in [-0.05, 0) is 13.8 Å². The maximum Gasteiger partial charge on any atom is 0.225 e. The summed E-state index contributed by atoms with van der Waals surface area (Å²) >= 11 is 0. The molecule has 0 aliphatic carbocycles. The molecule has 1 amide bonds. The summed E-state index contributed by atoms with van der Waals surface area (Å²) in [5.74, 6) is 0.133. The maximum atomic E-state index is 12.0. The molecular weight excluding hydrogens is 218 g/mol. The Hall–Kier alpha value is -1.12. The minimum absolute atomic E-state index is 0.133. The fraction of sp³-hybridized carbons (Fsp3) is 0.833. The lowest BCUT2D eigenvalue weighted by Gasteiger charge is -2.35. The SMILES string of the molecule is COC(C)(C)CC(=O)N1CCN(CC#N)CC1. The van der Waals surface area contributed by atoms with Gasteiger partial charge in [-0.2, -0.15) is 5.26 Å². The number of nitrogens with zero attached hydrogens (tertiary/aromatic N) is 3. The summed E-state index contributed by atoms with van der Waals surface area (Å²) < 4.78 is 5.26. The first-order chi connectivity index (χ1) is 7.98. The second-order valence-electron chi connectivity index (χ2n) is 4.96. The zero-order chi connectivity index (χ0) is 12.9. The van der Waals surface area contributed by atoms with Crippen LogP contribution < -0.4 is 0 Å². The smallest absolute Gasteiger partial charge is 0.225 e. The number of methoxy groups -OCH3 is 1. The van der Waals surface area contributed by atoms with Crippen molar-refractivity contribution in [1.82, 2.24) is 9.80 Å². The molecule has 0 radical (unpaired) electrons. The number of nitriles is 1. The largest absolute Gasteiger partial charge is 0.378 e. The molecule has 0 spiro atoms. The summed E-state index contributed by atoms with van der Waals surface area (Å²) in [5.41, 5.74) is -0.402. The quantitative estimate of drug-likeness (QED) is 0.669. The van der Waals surface area contributed by atoms with Crippen molar-refractivity contribution in [3.8, 4) is 6.07 Å². The number of carbonyl (C=O) groups is 1. The molecule has 1 rings (SSSR count). The molecule has 5 nitrogen and oxygen atoms in total. The van der Waals surface area contributed by atoms with Gasteiger partial charge in [0.1, 0.15) is 0 Å². The Balaban J connectivity index is 2.39. The Bertz CT molecular complexity index is 301. The van der Waals surface area contributed by atoms with Crippen LogP contribution in [0.15, 0.2) is 0 Å². The van der Waals surface area contributed by atoms with Crippen LogP contribution >= 0.6 is 0 Å². The third-order valence-corrected chi connectivity index (χ3v) is 3.15. The van der Waals surface area contributed by atoms with Gasteiger partial charge in [0.2, 0.25) is 5.91 Å². The van der Waals surface area contributed by atoms with Crippen molar-refractivity contribution >= 4 is 5.91 Å². The Morgan fingerprint density at radius 3 is 2.41 bits per heavy atom. The van der Waals surface area contributed by atoms with Crippen LogP contribution in [-0.2, 0) is 9.53 Å². The Morgan fingerprint density at radius 1 is 1.35 bits per heavy atom. The number of ether oxygens (including phenoxy) is 1. The van der Waals surface area contributed by atoms with Gasteiger partial charge in [0, 0.05) is 33.3 Å². The molecule has 0 aromatic carbocycles. The van der Waals surface area contributed by atoms with Gasteiger partial charge in [0.15, 0.2) is 0 Å². The Labute approximate surface area is 103 Å². The average Bonchev–Trinajstić information content (AvgIpc) is 2.30. The highest BCUT2D eigenvalue weighted by atomic mass is 16.5. The summed E-state index contributed by atoms with van der Waals surface area (Å²) in [5, 5.41) is 8.59. The molecule has 0 aromatic heterocycles. The van der Waals surface area contributed by atoms with E-state index in [1.54, 1.807) is 7.11 Å². The van der Waals surface area contributed by atoms with E-state index >= 15 is 0 Å². The first kappa shape index (κ1) is 13.9. The first-order valence-electron chi connectivity index (χ1n) is 5.91. The van der Waals surface area contributed by atoms with E-state index in [-0.39, 0.29) is 5.91 Å². The summed E-state index contributed by atoms with van der Waals surface area (Å²) in [6.45, 7) is 7.26. The first-order valence-corrected chi connectivity index (χ1v) is 5.91. The van der Waals surface area contributed by atoms with Crippen LogP contribution in [0.4, 0.5) is 0 Å². The van der Waals surface area contributed by atoms with E-state index in [9.17, 15) is 4.79 Å². The van der Waals surface area contributed by atoms with Crippen molar-refractivity contribution in [3.63, 3.8) is 0 Å².